The molecule has 114 valence electrons. The van der Waals surface area contributed by atoms with Crippen molar-refractivity contribution in [1.82, 2.24) is 10.3 Å². The molecule has 1 heterocycles. The quantitative estimate of drug-likeness (QED) is 0.637. The first kappa shape index (κ1) is 16.7. The van der Waals surface area contributed by atoms with Crippen LogP contribution in [0.15, 0.2) is 0 Å². The summed E-state index contributed by atoms with van der Waals surface area (Å²) < 4.78 is 4.94. The van der Waals surface area contributed by atoms with Gasteiger partial charge in [0.1, 0.15) is 10.7 Å². The number of hydrogen-bond donors (Lipinski definition) is 3. The van der Waals surface area contributed by atoms with E-state index in [-0.39, 0.29) is 11.7 Å². The van der Waals surface area contributed by atoms with Crippen molar-refractivity contribution in [1.29, 1.82) is 0 Å². The lowest BCUT2D eigenvalue weighted by molar-refractivity contribution is 0.0949. The molecule has 0 radical (unpaired) electrons. The lowest BCUT2D eigenvalue weighted by atomic mass is 9.98. The molecule has 1 rings (SSSR count). The molecule has 1 aromatic heterocycles. The molecule has 0 fully saturated rings. The minimum absolute atomic E-state index is 0.160. The largest absolute Gasteiger partial charge is 0.383 e. The molecule has 0 aliphatic carbocycles. The first-order valence-electron chi connectivity index (χ1n) is 6.73. The van der Waals surface area contributed by atoms with Gasteiger partial charge in [0.2, 0.25) is 0 Å². The lowest BCUT2D eigenvalue weighted by Gasteiger charge is -2.15. The smallest absolute Gasteiger partial charge is 0.265 e. The van der Waals surface area contributed by atoms with Crippen LogP contribution in [-0.4, -0.2) is 37.7 Å². The van der Waals surface area contributed by atoms with Gasteiger partial charge in [0, 0.05) is 20.2 Å². The van der Waals surface area contributed by atoms with Crippen LogP contribution in [0.2, 0.25) is 0 Å². The van der Waals surface area contributed by atoms with Crippen molar-refractivity contribution in [2.75, 3.05) is 37.9 Å². The Balaban J connectivity index is 2.55. The maximum atomic E-state index is 12.1. The van der Waals surface area contributed by atoms with Gasteiger partial charge in [-0.05, 0) is 11.8 Å². The molecule has 4 N–H and O–H groups in total. The Morgan fingerprint density at radius 3 is 2.75 bits per heavy atom. The molecule has 0 aromatic carbocycles. The Bertz CT molecular complexity index is 434. The van der Waals surface area contributed by atoms with Crippen LogP contribution in [0, 0.1) is 11.8 Å². The number of aromatic nitrogens is 1. The first-order chi connectivity index (χ1) is 9.45. The lowest BCUT2D eigenvalue weighted by Crippen LogP contribution is -2.30. The maximum Gasteiger partial charge on any atom is 0.265 e. The molecule has 0 aliphatic heterocycles. The second kappa shape index (κ2) is 8.06. The number of hydrogen-bond acceptors (Lipinski definition) is 6. The van der Waals surface area contributed by atoms with E-state index in [1.807, 2.05) is 0 Å². The third-order valence-corrected chi connectivity index (χ3v) is 4.19. The van der Waals surface area contributed by atoms with Gasteiger partial charge in [0.25, 0.3) is 5.91 Å². The zero-order chi connectivity index (χ0) is 15.1. The summed E-state index contributed by atoms with van der Waals surface area (Å²) in [5.74, 6) is 1.06. The number of carbonyl (C=O) groups excluding carboxylic acids is 1. The van der Waals surface area contributed by atoms with E-state index in [2.05, 4.69) is 36.4 Å². The molecular weight excluding hydrogens is 276 g/mol. The molecule has 20 heavy (non-hydrogen) atoms. The number of nitrogens with two attached hydrogens (primary N) is 1. The van der Waals surface area contributed by atoms with Crippen molar-refractivity contribution in [3.8, 4) is 0 Å². The minimum Gasteiger partial charge on any atom is -0.383 e. The van der Waals surface area contributed by atoms with Gasteiger partial charge in [0.15, 0.2) is 5.13 Å². The number of nitrogen functional groups attached to an aromatic ring is 1. The minimum atomic E-state index is -0.160. The van der Waals surface area contributed by atoms with Gasteiger partial charge in [-0.2, -0.15) is 0 Å². The molecule has 0 spiro atoms. The number of thiazole rings is 1. The predicted octanol–water partition coefficient (Wildman–Crippen LogP) is 1.81. The molecular formula is C13H24N4O2S. The molecule has 1 atom stereocenters. The standard InChI is InChI=1S/C13H24N4O2S/c1-8(2)9(3)7-16-12(18)10-11(14)17-13(20-10)15-5-6-19-4/h8-9H,5-7,14H2,1-4H3,(H,15,17)(H,16,18). The number of rotatable bonds is 8. The van der Waals surface area contributed by atoms with Gasteiger partial charge in [0.05, 0.1) is 6.61 Å². The summed E-state index contributed by atoms with van der Waals surface area (Å²) in [6, 6.07) is 0. The van der Waals surface area contributed by atoms with Crippen LogP contribution in [0.25, 0.3) is 0 Å². The van der Waals surface area contributed by atoms with Gasteiger partial charge in [-0.15, -0.1) is 0 Å². The van der Waals surface area contributed by atoms with E-state index in [1.165, 1.54) is 11.3 Å². The topological polar surface area (TPSA) is 89.3 Å². The average molecular weight is 300 g/mol. The zero-order valence-corrected chi connectivity index (χ0v) is 13.3. The highest BCUT2D eigenvalue weighted by Gasteiger charge is 2.17. The fourth-order valence-electron chi connectivity index (χ4n) is 1.40. The molecule has 1 aromatic rings. The predicted molar refractivity (Wildman–Crippen MR) is 83.2 cm³/mol. The highest BCUT2D eigenvalue weighted by molar-refractivity contribution is 7.18. The number of ether oxygens (including phenoxy) is 1. The van der Waals surface area contributed by atoms with Crippen LogP contribution in [0.4, 0.5) is 10.9 Å². The average Bonchev–Trinajstić information content (AvgIpc) is 2.77. The first-order valence-corrected chi connectivity index (χ1v) is 7.54. The second-order valence-electron chi connectivity index (χ2n) is 5.08. The Morgan fingerprint density at radius 2 is 2.15 bits per heavy atom. The van der Waals surface area contributed by atoms with Crippen LogP contribution in [0.3, 0.4) is 0 Å². The van der Waals surface area contributed by atoms with Crippen LogP contribution in [0.5, 0.6) is 0 Å². The van der Waals surface area contributed by atoms with E-state index < -0.39 is 0 Å². The van der Waals surface area contributed by atoms with E-state index in [9.17, 15) is 4.79 Å². The molecule has 0 saturated heterocycles. The second-order valence-corrected chi connectivity index (χ2v) is 6.08. The van der Waals surface area contributed by atoms with Crippen LogP contribution < -0.4 is 16.4 Å². The highest BCUT2D eigenvalue weighted by atomic mass is 32.1. The summed E-state index contributed by atoms with van der Waals surface area (Å²) in [6.45, 7) is 8.23. The van der Waals surface area contributed by atoms with Crippen LogP contribution in [-0.2, 0) is 4.74 Å². The molecule has 1 amide bonds. The van der Waals surface area contributed by atoms with Crippen LogP contribution >= 0.6 is 11.3 Å². The number of amides is 1. The normalized spacial score (nSPS) is 12.4. The molecule has 0 saturated carbocycles. The Morgan fingerprint density at radius 1 is 1.45 bits per heavy atom. The van der Waals surface area contributed by atoms with Crippen molar-refractivity contribution in [3.63, 3.8) is 0 Å². The van der Waals surface area contributed by atoms with E-state index in [4.69, 9.17) is 10.5 Å². The number of nitrogens with one attached hydrogen (secondary N) is 2. The summed E-state index contributed by atoms with van der Waals surface area (Å²) >= 11 is 1.26. The number of methoxy groups -OCH3 is 1. The van der Waals surface area contributed by atoms with Crippen LogP contribution in [0.1, 0.15) is 30.4 Å². The van der Waals surface area contributed by atoms with E-state index >= 15 is 0 Å². The summed E-state index contributed by atoms with van der Waals surface area (Å²) in [7, 11) is 1.63. The molecule has 1 unspecified atom stereocenters. The molecule has 0 bridgehead atoms. The molecule has 7 heteroatoms. The number of anilines is 2. The Hall–Kier alpha value is -1.34. The summed E-state index contributed by atoms with van der Waals surface area (Å²) in [4.78, 5) is 16.7. The van der Waals surface area contributed by atoms with E-state index in [0.29, 0.717) is 41.5 Å². The van der Waals surface area contributed by atoms with Gasteiger partial charge < -0.3 is 21.1 Å². The van der Waals surface area contributed by atoms with Crippen molar-refractivity contribution in [2.45, 2.75) is 20.8 Å². The Kier molecular flexibility index (Phi) is 6.74. The summed E-state index contributed by atoms with van der Waals surface area (Å²) in [5, 5.41) is 6.61. The number of nitrogens with zero attached hydrogens (tertiary/aromatic N) is 1. The monoisotopic (exact) mass is 300 g/mol. The number of carbonyl (C=O) groups is 1. The summed E-state index contributed by atoms with van der Waals surface area (Å²) in [6.07, 6.45) is 0. The third kappa shape index (κ3) is 4.97. The van der Waals surface area contributed by atoms with Crippen molar-refractivity contribution < 1.29 is 9.53 Å². The van der Waals surface area contributed by atoms with Crippen molar-refractivity contribution in [2.24, 2.45) is 11.8 Å². The van der Waals surface area contributed by atoms with Gasteiger partial charge >= 0.3 is 0 Å². The SMILES string of the molecule is COCCNc1nc(N)c(C(=O)NCC(C)C(C)C)s1. The van der Waals surface area contributed by atoms with E-state index in [1.54, 1.807) is 7.11 Å². The third-order valence-electron chi connectivity index (χ3n) is 3.16. The highest BCUT2D eigenvalue weighted by Crippen LogP contribution is 2.24. The molecule has 0 aliphatic rings. The van der Waals surface area contributed by atoms with Gasteiger partial charge in [-0.3, -0.25) is 4.79 Å². The van der Waals surface area contributed by atoms with Crippen molar-refractivity contribution in [3.05, 3.63) is 4.88 Å². The van der Waals surface area contributed by atoms with Gasteiger partial charge in [-0.25, -0.2) is 4.98 Å². The fourth-order valence-corrected chi connectivity index (χ4v) is 2.23. The maximum absolute atomic E-state index is 12.1. The zero-order valence-electron chi connectivity index (χ0n) is 12.5. The Labute approximate surface area is 124 Å². The van der Waals surface area contributed by atoms with E-state index in [0.717, 1.165) is 0 Å². The van der Waals surface area contributed by atoms with Crippen molar-refractivity contribution >= 4 is 28.2 Å². The summed E-state index contributed by atoms with van der Waals surface area (Å²) in [5.41, 5.74) is 5.78. The fraction of sp³-hybridized carbons (Fsp3) is 0.692. The van der Waals surface area contributed by atoms with Gasteiger partial charge in [-0.1, -0.05) is 32.1 Å². The molecule has 6 nitrogen and oxygen atoms in total.